The van der Waals surface area contributed by atoms with E-state index in [1.165, 1.54) is 12.5 Å². The van der Waals surface area contributed by atoms with Gasteiger partial charge in [-0.25, -0.2) is 0 Å². The molecule has 4 nitrogen and oxygen atoms in total. The number of aryl methyl sites for hydroxylation is 2. The topological polar surface area (TPSA) is 66.4 Å². The number of carboxylic acids is 1. The summed E-state index contributed by atoms with van der Waals surface area (Å²) in [6.45, 7) is 3.55. The number of hydrogen-bond donors (Lipinski definition) is 2. The second-order valence-electron chi connectivity index (χ2n) is 4.30. The summed E-state index contributed by atoms with van der Waals surface area (Å²) in [5.41, 5.74) is 2.35. The molecule has 0 fully saturated rings. The van der Waals surface area contributed by atoms with E-state index in [4.69, 9.17) is 5.11 Å². The lowest BCUT2D eigenvalue weighted by Gasteiger charge is -2.09. The van der Waals surface area contributed by atoms with Gasteiger partial charge in [0.2, 0.25) is 5.91 Å². The van der Waals surface area contributed by atoms with Crippen LogP contribution in [0.2, 0.25) is 0 Å². The third-order valence-corrected chi connectivity index (χ3v) is 2.82. The largest absolute Gasteiger partial charge is 0.480 e. The molecule has 4 heteroatoms. The second-order valence-corrected chi connectivity index (χ2v) is 4.30. The molecule has 1 unspecified atom stereocenters. The van der Waals surface area contributed by atoms with Gasteiger partial charge >= 0.3 is 5.97 Å². The highest BCUT2D eigenvalue weighted by molar-refractivity contribution is 5.83. The van der Waals surface area contributed by atoms with Crippen LogP contribution in [-0.2, 0) is 22.4 Å². The first kappa shape index (κ1) is 14.2. The Hall–Kier alpha value is -1.84. The summed E-state index contributed by atoms with van der Waals surface area (Å²) in [7, 11) is 0. The molecule has 2 N–H and O–H groups in total. The van der Waals surface area contributed by atoms with Crippen molar-refractivity contribution in [2.24, 2.45) is 0 Å². The molecule has 18 heavy (non-hydrogen) atoms. The van der Waals surface area contributed by atoms with E-state index >= 15 is 0 Å². The van der Waals surface area contributed by atoms with Gasteiger partial charge in [0.15, 0.2) is 0 Å². The minimum atomic E-state index is -1.02. The van der Waals surface area contributed by atoms with Crippen molar-refractivity contribution in [2.45, 2.75) is 39.2 Å². The van der Waals surface area contributed by atoms with Gasteiger partial charge in [0.1, 0.15) is 6.04 Å². The van der Waals surface area contributed by atoms with Gasteiger partial charge in [0.25, 0.3) is 0 Å². The molecule has 98 valence electrons. The smallest absolute Gasteiger partial charge is 0.325 e. The summed E-state index contributed by atoms with van der Waals surface area (Å²) in [5.74, 6) is -1.25. The maximum atomic E-state index is 11.5. The van der Waals surface area contributed by atoms with Crippen molar-refractivity contribution in [3.8, 4) is 0 Å². The number of carbonyl (C=O) groups excluding carboxylic acids is 1. The molecule has 1 atom stereocenters. The molecule has 0 aromatic heterocycles. The van der Waals surface area contributed by atoms with Crippen LogP contribution in [0.1, 0.15) is 31.4 Å². The van der Waals surface area contributed by atoms with Crippen LogP contribution in [0.5, 0.6) is 0 Å². The maximum Gasteiger partial charge on any atom is 0.325 e. The average molecular weight is 249 g/mol. The lowest BCUT2D eigenvalue weighted by Crippen LogP contribution is -2.38. The Morgan fingerprint density at radius 3 is 2.28 bits per heavy atom. The van der Waals surface area contributed by atoms with Crippen LogP contribution in [0.25, 0.3) is 0 Å². The van der Waals surface area contributed by atoms with Gasteiger partial charge in [0, 0.05) is 6.42 Å². The summed E-state index contributed by atoms with van der Waals surface area (Å²) in [4.78, 5) is 22.0. The van der Waals surface area contributed by atoms with Gasteiger partial charge in [0.05, 0.1) is 0 Å². The van der Waals surface area contributed by atoms with Crippen LogP contribution in [0, 0.1) is 0 Å². The van der Waals surface area contributed by atoms with E-state index in [0.717, 1.165) is 12.0 Å². The Morgan fingerprint density at radius 2 is 1.78 bits per heavy atom. The van der Waals surface area contributed by atoms with Gasteiger partial charge in [-0.05, 0) is 30.9 Å². The van der Waals surface area contributed by atoms with Crippen molar-refractivity contribution in [3.63, 3.8) is 0 Å². The highest BCUT2D eigenvalue weighted by atomic mass is 16.4. The maximum absolute atomic E-state index is 11.5. The third-order valence-electron chi connectivity index (χ3n) is 2.82. The molecule has 0 bridgehead atoms. The first-order valence-corrected chi connectivity index (χ1v) is 6.13. The zero-order valence-corrected chi connectivity index (χ0v) is 10.8. The van der Waals surface area contributed by atoms with Crippen molar-refractivity contribution in [2.75, 3.05) is 0 Å². The van der Waals surface area contributed by atoms with Crippen molar-refractivity contribution >= 4 is 11.9 Å². The molecule has 1 amide bonds. The van der Waals surface area contributed by atoms with Gasteiger partial charge in [-0.1, -0.05) is 31.2 Å². The zero-order valence-electron chi connectivity index (χ0n) is 10.8. The number of amides is 1. The molecule has 1 aromatic carbocycles. The van der Waals surface area contributed by atoms with Crippen LogP contribution in [0.15, 0.2) is 24.3 Å². The van der Waals surface area contributed by atoms with E-state index in [1.54, 1.807) is 0 Å². The third kappa shape index (κ3) is 4.57. The average Bonchev–Trinajstić information content (AvgIpc) is 2.36. The SMILES string of the molecule is CCc1ccc(CCC(=O)NC(C)C(=O)O)cc1. The number of benzene rings is 1. The number of hydrogen-bond acceptors (Lipinski definition) is 2. The summed E-state index contributed by atoms with van der Waals surface area (Å²) in [6.07, 6.45) is 1.93. The lowest BCUT2D eigenvalue weighted by atomic mass is 10.1. The number of carbonyl (C=O) groups is 2. The van der Waals surface area contributed by atoms with Gasteiger partial charge < -0.3 is 10.4 Å². The molecular formula is C14H19NO3. The van der Waals surface area contributed by atoms with E-state index < -0.39 is 12.0 Å². The standard InChI is InChI=1S/C14H19NO3/c1-3-11-4-6-12(7-5-11)8-9-13(16)15-10(2)14(17)18/h4-7,10H,3,8-9H2,1-2H3,(H,15,16)(H,17,18). The molecule has 0 spiro atoms. The minimum absolute atomic E-state index is 0.232. The van der Waals surface area contributed by atoms with Crippen molar-refractivity contribution in [1.29, 1.82) is 0 Å². The van der Waals surface area contributed by atoms with E-state index in [2.05, 4.69) is 12.2 Å². The molecule has 0 heterocycles. The number of nitrogens with one attached hydrogen (secondary N) is 1. The summed E-state index contributed by atoms with van der Waals surface area (Å²) in [6, 6.07) is 7.28. The Kier molecular flexibility index (Phi) is 5.36. The van der Waals surface area contributed by atoms with E-state index in [0.29, 0.717) is 12.8 Å². The van der Waals surface area contributed by atoms with Crippen molar-refractivity contribution in [3.05, 3.63) is 35.4 Å². The lowest BCUT2D eigenvalue weighted by molar-refractivity contribution is -0.141. The summed E-state index contributed by atoms with van der Waals surface area (Å²) >= 11 is 0. The fraction of sp³-hybridized carbons (Fsp3) is 0.429. The summed E-state index contributed by atoms with van der Waals surface area (Å²) in [5, 5.41) is 11.1. The number of rotatable bonds is 6. The molecule has 0 saturated carbocycles. The Morgan fingerprint density at radius 1 is 1.22 bits per heavy atom. The van der Waals surface area contributed by atoms with Crippen LogP contribution in [0.3, 0.4) is 0 Å². The summed E-state index contributed by atoms with van der Waals surface area (Å²) < 4.78 is 0. The molecule has 0 aliphatic heterocycles. The predicted octanol–water partition coefficient (Wildman–Crippen LogP) is 1.77. The quantitative estimate of drug-likeness (QED) is 0.807. The second kappa shape index (κ2) is 6.79. The predicted molar refractivity (Wildman–Crippen MR) is 69.4 cm³/mol. The Bertz CT molecular complexity index is 412. The monoisotopic (exact) mass is 249 g/mol. The van der Waals surface area contributed by atoms with Crippen LogP contribution < -0.4 is 5.32 Å². The first-order chi connectivity index (χ1) is 8.52. The fourth-order valence-electron chi connectivity index (χ4n) is 1.57. The molecule has 1 aromatic rings. The van der Waals surface area contributed by atoms with E-state index in [1.807, 2.05) is 24.3 Å². The normalized spacial score (nSPS) is 11.9. The van der Waals surface area contributed by atoms with Gasteiger partial charge in [-0.2, -0.15) is 0 Å². The van der Waals surface area contributed by atoms with Gasteiger partial charge in [-0.3, -0.25) is 9.59 Å². The molecule has 1 rings (SSSR count). The first-order valence-electron chi connectivity index (χ1n) is 6.13. The highest BCUT2D eigenvalue weighted by Gasteiger charge is 2.13. The molecule has 0 aliphatic carbocycles. The van der Waals surface area contributed by atoms with E-state index in [9.17, 15) is 9.59 Å². The van der Waals surface area contributed by atoms with Crippen molar-refractivity contribution < 1.29 is 14.7 Å². The molecule has 0 radical (unpaired) electrons. The number of carboxylic acid groups (broad SMARTS) is 1. The van der Waals surface area contributed by atoms with Crippen LogP contribution in [-0.4, -0.2) is 23.0 Å². The highest BCUT2D eigenvalue weighted by Crippen LogP contribution is 2.07. The fourth-order valence-corrected chi connectivity index (χ4v) is 1.57. The Labute approximate surface area is 107 Å². The Balaban J connectivity index is 2.40. The van der Waals surface area contributed by atoms with Crippen LogP contribution >= 0.6 is 0 Å². The minimum Gasteiger partial charge on any atom is -0.480 e. The zero-order chi connectivity index (χ0) is 13.5. The van der Waals surface area contributed by atoms with Crippen molar-refractivity contribution in [1.82, 2.24) is 5.32 Å². The number of aliphatic carboxylic acids is 1. The van der Waals surface area contributed by atoms with Crippen LogP contribution in [0.4, 0.5) is 0 Å². The molecular weight excluding hydrogens is 230 g/mol. The van der Waals surface area contributed by atoms with Gasteiger partial charge in [-0.15, -0.1) is 0 Å². The molecule has 0 saturated heterocycles. The van der Waals surface area contributed by atoms with E-state index in [-0.39, 0.29) is 5.91 Å². The molecule has 0 aliphatic rings.